The van der Waals surface area contributed by atoms with E-state index in [1.165, 1.54) is 6.33 Å². The summed E-state index contributed by atoms with van der Waals surface area (Å²) in [5, 5.41) is 7.27. The van der Waals surface area contributed by atoms with Crippen LogP contribution in [0, 0.1) is 19.7 Å². The molecule has 1 aliphatic heterocycles. The van der Waals surface area contributed by atoms with Crippen molar-refractivity contribution in [2.75, 3.05) is 18.4 Å². The van der Waals surface area contributed by atoms with Crippen LogP contribution in [0.5, 0.6) is 5.75 Å². The van der Waals surface area contributed by atoms with E-state index in [-0.39, 0.29) is 11.9 Å². The second-order valence-electron chi connectivity index (χ2n) is 6.99. The molecule has 2 heterocycles. The minimum Gasteiger partial charge on any atom is -0.490 e. The summed E-state index contributed by atoms with van der Waals surface area (Å²) in [7, 11) is 0. The number of rotatable bonds is 4. The van der Waals surface area contributed by atoms with Gasteiger partial charge in [0.15, 0.2) is 0 Å². The SMILES string of the molecule is Cc1cc2ncnc(Nc3cccc(C)c3F)c2cc1OC1CCNCC1. The van der Waals surface area contributed by atoms with E-state index in [1.807, 2.05) is 25.1 Å². The molecular weight excluding hydrogens is 343 g/mol. The number of halogens is 1. The van der Waals surface area contributed by atoms with Crippen molar-refractivity contribution in [2.24, 2.45) is 0 Å². The van der Waals surface area contributed by atoms with Crippen molar-refractivity contribution in [1.82, 2.24) is 15.3 Å². The largest absolute Gasteiger partial charge is 0.490 e. The molecule has 140 valence electrons. The van der Waals surface area contributed by atoms with Gasteiger partial charge in [-0.2, -0.15) is 0 Å². The lowest BCUT2D eigenvalue weighted by Crippen LogP contribution is -2.34. The van der Waals surface area contributed by atoms with Crippen LogP contribution in [0.25, 0.3) is 10.9 Å². The van der Waals surface area contributed by atoms with Crippen LogP contribution in [0.4, 0.5) is 15.9 Å². The van der Waals surface area contributed by atoms with Gasteiger partial charge < -0.3 is 15.4 Å². The van der Waals surface area contributed by atoms with Crippen molar-refractivity contribution in [3.63, 3.8) is 0 Å². The van der Waals surface area contributed by atoms with Gasteiger partial charge in [-0.25, -0.2) is 14.4 Å². The zero-order chi connectivity index (χ0) is 18.8. The second-order valence-corrected chi connectivity index (χ2v) is 6.99. The lowest BCUT2D eigenvalue weighted by atomic mass is 10.1. The van der Waals surface area contributed by atoms with Crippen molar-refractivity contribution in [3.8, 4) is 5.75 Å². The van der Waals surface area contributed by atoms with E-state index in [4.69, 9.17) is 4.74 Å². The third-order valence-electron chi connectivity index (χ3n) is 4.96. The second kappa shape index (κ2) is 7.48. The lowest BCUT2D eigenvalue weighted by molar-refractivity contribution is 0.161. The Morgan fingerprint density at radius 2 is 1.93 bits per heavy atom. The maximum absolute atomic E-state index is 14.4. The van der Waals surface area contributed by atoms with Crippen LogP contribution in [0.1, 0.15) is 24.0 Å². The number of nitrogens with one attached hydrogen (secondary N) is 2. The molecule has 4 rings (SSSR count). The summed E-state index contributed by atoms with van der Waals surface area (Å²) in [5.74, 6) is 1.12. The Morgan fingerprint density at radius 1 is 1.11 bits per heavy atom. The fourth-order valence-electron chi connectivity index (χ4n) is 3.38. The summed E-state index contributed by atoms with van der Waals surface area (Å²) in [5.41, 5.74) is 2.82. The summed E-state index contributed by atoms with van der Waals surface area (Å²) in [6.07, 6.45) is 3.67. The number of benzene rings is 2. The number of ether oxygens (including phenoxy) is 1. The zero-order valence-electron chi connectivity index (χ0n) is 15.6. The fraction of sp³-hybridized carbons (Fsp3) is 0.333. The molecule has 1 aliphatic rings. The van der Waals surface area contributed by atoms with E-state index in [1.54, 1.807) is 19.1 Å². The Labute approximate surface area is 158 Å². The summed E-state index contributed by atoms with van der Waals surface area (Å²) < 4.78 is 20.6. The Hall–Kier alpha value is -2.73. The van der Waals surface area contributed by atoms with Crippen molar-refractivity contribution in [1.29, 1.82) is 0 Å². The van der Waals surface area contributed by atoms with Crippen molar-refractivity contribution in [2.45, 2.75) is 32.8 Å². The van der Waals surface area contributed by atoms with E-state index in [0.717, 1.165) is 48.1 Å². The molecule has 0 amide bonds. The minimum atomic E-state index is -0.275. The molecule has 3 aromatic rings. The lowest BCUT2D eigenvalue weighted by Gasteiger charge is -2.25. The van der Waals surface area contributed by atoms with Gasteiger partial charge in [0, 0.05) is 5.39 Å². The van der Waals surface area contributed by atoms with Gasteiger partial charge in [0.05, 0.1) is 11.2 Å². The summed E-state index contributed by atoms with van der Waals surface area (Å²) in [6.45, 7) is 5.71. The maximum atomic E-state index is 14.4. The van der Waals surface area contributed by atoms with Crippen LogP contribution < -0.4 is 15.4 Å². The van der Waals surface area contributed by atoms with Gasteiger partial charge in [-0.05, 0) is 69.1 Å². The number of hydrogen-bond donors (Lipinski definition) is 2. The monoisotopic (exact) mass is 366 g/mol. The first kappa shape index (κ1) is 17.7. The molecule has 2 aromatic carbocycles. The molecule has 6 heteroatoms. The summed E-state index contributed by atoms with van der Waals surface area (Å²) in [6, 6.07) is 9.22. The number of nitrogens with zero attached hydrogens (tertiary/aromatic N) is 2. The molecule has 0 bridgehead atoms. The molecule has 0 atom stereocenters. The van der Waals surface area contributed by atoms with Gasteiger partial charge in [0.25, 0.3) is 0 Å². The Morgan fingerprint density at radius 3 is 2.74 bits per heavy atom. The van der Waals surface area contributed by atoms with Gasteiger partial charge in [-0.3, -0.25) is 0 Å². The van der Waals surface area contributed by atoms with E-state index in [2.05, 4.69) is 20.6 Å². The van der Waals surface area contributed by atoms with Gasteiger partial charge >= 0.3 is 0 Å². The molecule has 0 unspecified atom stereocenters. The maximum Gasteiger partial charge on any atom is 0.149 e. The molecule has 27 heavy (non-hydrogen) atoms. The Kier molecular flexibility index (Phi) is 4.90. The number of piperidine rings is 1. The van der Waals surface area contributed by atoms with Crippen LogP contribution in [-0.4, -0.2) is 29.2 Å². The number of fused-ring (bicyclic) bond motifs is 1. The van der Waals surface area contributed by atoms with E-state index in [9.17, 15) is 4.39 Å². The third-order valence-corrected chi connectivity index (χ3v) is 4.96. The van der Waals surface area contributed by atoms with Gasteiger partial charge in [0.2, 0.25) is 0 Å². The first-order chi connectivity index (χ1) is 13.1. The normalized spacial score (nSPS) is 15.1. The van der Waals surface area contributed by atoms with Crippen LogP contribution in [0.3, 0.4) is 0 Å². The molecule has 0 spiro atoms. The van der Waals surface area contributed by atoms with Crippen molar-refractivity contribution >= 4 is 22.4 Å². The molecule has 0 saturated carbocycles. The van der Waals surface area contributed by atoms with Gasteiger partial charge in [-0.15, -0.1) is 0 Å². The standard InChI is InChI=1S/C21H23FN4O/c1-13-4-3-5-17(20(13)22)26-21-16-11-19(27-15-6-8-23-9-7-15)14(2)10-18(16)24-12-25-21/h3-5,10-12,15,23H,6-9H2,1-2H3,(H,24,25,26). The van der Waals surface area contributed by atoms with Crippen molar-refractivity contribution < 1.29 is 9.13 Å². The quantitative estimate of drug-likeness (QED) is 0.722. The molecule has 1 saturated heterocycles. The van der Waals surface area contributed by atoms with Crippen LogP contribution in [0.15, 0.2) is 36.7 Å². The molecule has 0 aliphatic carbocycles. The highest BCUT2D eigenvalue weighted by molar-refractivity contribution is 5.92. The molecule has 2 N–H and O–H groups in total. The Balaban J connectivity index is 1.70. The van der Waals surface area contributed by atoms with Crippen molar-refractivity contribution in [3.05, 3.63) is 53.6 Å². The van der Waals surface area contributed by atoms with E-state index in [0.29, 0.717) is 17.1 Å². The number of anilines is 2. The van der Waals surface area contributed by atoms with Crippen LogP contribution >= 0.6 is 0 Å². The first-order valence-electron chi connectivity index (χ1n) is 9.26. The predicted molar refractivity (Wildman–Crippen MR) is 105 cm³/mol. The molecule has 0 radical (unpaired) electrons. The number of aryl methyl sites for hydroxylation is 2. The predicted octanol–water partition coefficient (Wildman–Crippen LogP) is 4.26. The highest BCUT2D eigenvalue weighted by atomic mass is 19.1. The third kappa shape index (κ3) is 3.71. The molecular formula is C21H23FN4O. The Bertz CT molecular complexity index is 970. The van der Waals surface area contributed by atoms with Gasteiger partial charge in [-0.1, -0.05) is 12.1 Å². The minimum absolute atomic E-state index is 0.206. The number of aromatic nitrogens is 2. The van der Waals surface area contributed by atoms with Crippen LogP contribution in [-0.2, 0) is 0 Å². The molecule has 1 aromatic heterocycles. The van der Waals surface area contributed by atoms with Crippen LogP contribution in [0.2, 0.25) is 0 Å². The highest BCUT2D eigenvalue weighted by Gasteiger charge is 2.17. The average molecular weight is 366 g/mol. The smallest absolute Gasteiger partial charge is 0.149 e. The average Bonchev–Trinajstić information content (AvgIpc) is 2.67. The van der Waals surface area contributed by atoms with E-state index < -0.39 is 0 Å². The number of hydrogen-bond acceptors (Lipinski definition) is 5. The highest BCUT2D eigenvalue weighted by Crippen LogP contribution is 2.31. The molecule has 5 nitrogen and oxygen atoms in total. The van der Waals surface area contributed by atoms with Gasteiger partial charge in [0.1, 0.15) is 29.8 Å². The summed E-state index contributed by atoms with van der Waals surface area (Å²) >= 11 is 0. The molecule has 1 fully saturated rings. The first-order valence-corrected chi connectivity index (χ1v) is 9.26. The van der Waals surface area contributed by atoms with E-state index >= 15 is 0 Å². The topological polar surface area (TPSA) is 59.1 Å². The zero-order valence-corrected chi connectivity index (χ0v) is 15.6. The fourth-order valence-corrected chi connectivity index (χ4v) is 3.38. The summed E-state index contributed by atoms with van der Waals surface area (Å²) in [4.78, 5) is 8.70.